The van der Waals surface area contributed by atoms with Crippen molar-refractivity contribution < 1.29 is 28.2 Å². The van der Waals surface area contributed by atoms with Gasteiger partial charge in [0.15, 0.2) is 28.8 Å². The molecule has 8 nitrogen and oxygen atoms in total. The van der Waals surface area contributed by atoms with E-state index in [4.69, 9.17) is 23.4 Å². The van der Waals surface area contributed by atoms with Gasteiger partial charge in [-0.25, -0.2) is 0 Å². The van der Waals surface area contributed by atoms with Crippen molar-refractivity contribution in [3.8, 4) is 23.0 Å². The fourth-order valence-electron chi connectivity index (χ4n) is 5.94. The average Bonchev–Trinajstić information content (AvgIpc) is 3.71. The number of nitrogens with zero attached hydrogens (tertiary/aromatic N) is 2. The summed E-state index contributed by atoms with van der Waals surface area (Å²) < 4.78 is 28.2. The molecule has 43 heavy (non-hydrogen) atoms. The molecule has 4 aromatic rings. The lowest BCUT2D eigenvalue weighted by Gasteiger charge is -2.31. The predicted molar refractivity (Wildman–Crippen MR) is 163 cm³/mol. The van der Waals surface area contributed by atoms with Gasteiger partial charge in [-0.15, -0.1) is 0 Å². The van der Waals surface area contributed by atoms with E-state index < -0.39 is 0 Å². The van der Waals surface area contributed by atoms with E-state index in [1.807, 2.05) is 53.4 Å². The summed E-state index contributed by atoms with van der Waals surface area (Å²) in [6.07, 6.45) is 3.07. The van der Waals surface area contributed by atoms with Gasteiger partial charge in [0, 0.05) is 26.2 Å². The van der Waals surface area contributed by atoms with Crippen LogP contribution in [0.25, 0.3) is 0 Å². The van der Waals surface area contributed by atoms with Gasteiger partial charge in [0.2, 0.25) is 6.79 Å². The Kier molecular flexibility index (Phi) is 8.84. The minimum absolute atomic E-state index is 0.0355. The topological polar surface area (TPSA) is 73.6 Å². The van der Waals surface area contributed by atoms with Crippen LogP contribution in [0.15, 0.2) is 83.3 Å². The third-order valence-electron chi connectivity index (χ3n) is 8.22. The third-order valence-corrected chi connectivity index (χ3v) is 8.22. The van der Waals surface area contributed by atoms with Gasteiger partial charge in [0.1, 0.15) is 5.76 Å². The molecule has 8 heteroatoms. The molecule has 0 radical (unpaired) electrons. The van der Waals surface area contributed by atoms with E-state index >= 15 is 0 Å². The zero-order chi connectivity index (χ0) is 29.6. The first-order valence-corrected chi connectivity index (χ1v) is 14.8. The average molecular weight is 583 g/mol. The minimum atomic E-state index is -0.0355. The molecular weight excluding hydrogens is 544 g/mol. The Hall–Kier alpha value is -4.43. The number of furan rings is 1. The summed E-state index contributed by atoms with van der Waals surface area (Å²) in [5, 5.41) is 0. The fourth-order valence-corrected chi connectivity index (χ4v) is 5.94. The van der Waals surface area contributed by atoms with Gasteiger partial charge in [-0.3, -0.25) is 9.69 Å². The number of likely N-dealkylation sites (tertiary alicyclic amines) is 1. The van der Waals surface area contributed by atoms with E-state index in [-0.39, 0.29) is 12.7 Å². The second kappa shape index (κ2) is 13.3. The smallest absolute Gasteiger partial charge is 0.289 e. The van der Waals surface area contributed by atoms with Gasteiger partial charge >= 0.3 is 0 Å². The first-order valence-electron chi connectivity index (χ1n) is 14.8. The third kappa shape index (κ3) is 6.97. The van der Waals surface area contributed by atoms with Gasteiger partial charge < -0.3 is 28.3 Å². The molecule has 6 rings (SSSR count). The monoisotopic (exact) mass is 582 g/mol. The number of hydrogen-bond donors (Lipinski definition) is 0. The van der Waals surface area contributed by atoms with Crippen molar-refractivity contribution in [2.45, 2.75) is 38.9 Å². The highest BCUT2D eigenvalue weighted by atomic mass is 16.7. The summed E-state index contributed by atoms with van der Waals surface area (Å²) in [7, 11) is 3.27. The minimum Gasteiger partial charge on any atom is -0.493 e. The van der Waals surface area contributed by atoms with Crippen molar-refractivity contribution in [1.29, 1.82) is 0 Å². The Labute approximate surface area is 252 Å². The highest BCUT2D eigenvalue weighted by molar-refractivity contribution is 5.91. The van der Waals surface area contributed by atoms with E-state index in [2.05, 4.69) is 35.2 Å². The van der Waals surface area contributed by atoms with Crippen LogP contribution in [0.3, 0.4) is 0 Å². The molecular formula is C35H38N2O6. The van der Waals surface area contributed by atoms with Crippen LogP contribution in [0, 0.1) is 5.92 Å². The van der Waals surface area contributed by atoms with Gasteiger partial charge in [-0.2, -0.15) is 0 Å². The SMILES string of the molecule is COc1ccc(CN(Cc2ccc3c(c2)OCO3)Cc2ccc(C(=O)N3CCC(Cc4ccccc4)CC3)o2)cc1OC. The maximum atomic E-state index is 13.4. The molecule has 3 heterocycles. The number of piperidine rings is 1. The number of amides is 1. The molecule has 1 aromatic heterocycles. The summed E-state index contributed by atoms with van der Waals surface area (Å²) in [4.78, 5) is 17.5. The molecule has 1 saturated heterocycles. The number of carbonyl (C=O) groups excluding carboxylic acids is 1. The van der Waals surface area contributed by atoms with E-state index in [0.717, 1.165) is 60.7 Å². The largest absolute Gasteiger partial charge is 0.493 e. The van der Waals surface area contributed by atoms with E-state index in [0.29, 0.717) is 42.8 Å². The van der Waals surface area contributed by atoms with Crippen molar-refractivity contribution in [2.24, 2.45) is 5.92 Å². The van der Waals surface area contributed by atoms with E-state index in [9.17, 15) is 4.79 Å². The Morgan fingerprint density at radius 2 is 1.51 bits per heavy atom. The Balaban J connectivity index is 1.13. The zero-order valence-corrected chi connectivity index (χ0v) is 24.8. The molecule has 2 aliphatic heterocycles. The highest BCUT2D eigenvalue weighted by Gasteiger charge is 2.26. The fraction of sp³-hybridized carbons (Fsp3) is 0.343. The molecule has 0 spiro atoms. The predicted octanol–water partition coefficient (Wildman–Crippen LogP) is 6.32. The standard InChI is InChI=1S/C35H38N2O6/c1-39-30-11-8-27(19-33(30)40-2)21-36(22-28-9-12-31-34(20-28)42-24-41-31)23-29-10-13-32(43-29)35(38)37-16-14-26(15-17-37)18-25-6-4-3-5-7-25/h3-13,19-20,26H,14-18,21-24H2,1-2H3. The first kappa shape index (κ1) is 28.7. The van der Waals surface area contributed by atoms with Crippen LogP contribution in [0.2, 0.25) is 0 Å². The second-order valence-corrected chi connectivity index (χ2v) is 11.2. The Morgan fingerprint density at radius 3 is 2.28 bits per heavy atom. The van der Waals surface area contributed by atoms with Crippen molar-refractivity contribution in [2.75, 3.05) is 34.1 Å². The summed E-state index contributed by atoms with van der Waals surface area (Å²) in [6.45, 7) is 3.54. The molecule has 1 amide bonds. The van der Waals surface area contributed by atoms with Gasteiger partial charge in [-0.1, -0.05) is 42.5 Å². The quantitative estimate of drug-likeness (QED) is 0.205. The molecule has 224 valence electrons. The van der Waals surface area contributed by atoms with Crippen molar-refractivity contribution >= 4 is 5.91 Å². The number of ether oxygens (including phenoxy) is 4. The zero-order valence-electron chi connectivity index (χ0n) is 24.8. The summed E-state index contributed by atoms with van der Waals surface area (Å²) in [5.41, 5.74) is 3.52. The summed E-state index contributed by atoms with van der Waals surface area (Å²) >= 11 is 0. The van der Waals surface area contributed by atoms with Crippen molar-refractivity contribution in [3.05, 3.63) is 107 Å². The van der Waals surface area contributed by atoms with Crippen LogP contribution in [0.1, 0.15) is 45.8 Å². The van der Waals surface area contributed by atoms with Gasteiger partial charge in [0.05, 0.1) is 20.8 Å². The van der Waals surface area contributed by atoms with Crippen LogP contribution in [-0.4, -0.2) is 49.8 Å². The lowest BCUT2D eigenvalue weighted by Crippen LogP contribution is -2.38. The van der Waals surface area contributed by atoms with E-state index in [1.165, 1.54) is 5.56 Å². The Bertz CT molecular complexity index is 1530. The maximum Gasteiger partial charge on any atom is 0.289 e. The maximum absolute atomic E-state index is 13.4. The van der Waals surface area contributed by atoms with Gasteiger partial charge in [-0.05, 0) is 78.3 Å². The summed E-state index contributed by atoms with van der Waals surface area (Å²) in [5.74, 6) is 4.57. The molecule has 2 aliphatic rings. The van der Waals surface area contributed by atoms with Crippen LogP contribution in [-0.2, 0) is 26.1 Å². The molecule has 0 atom stereocenters. The van der Waals surface area contributed by atoms with Gasteiger partial charge in [0.25, 0.3) is 5.91 Å². The summed E-state index contributed by atoms with van der Waals surface area (Å²) in [6, 6.07) is 26.3. The van der Waals surface area contributed by atoms with Crippen LogP contribution < -0.4 is 18.9 Å². The number of hydrogen-bond acceptors (Lipinski definition) is 7. The number of carbonyl (C=O) groups is 1. The van der Waals surface area contributed by atoms with Crippen LogP contribution in [0.4, 0.5) is 0 Å². The van der Waals surface area contributed by atoms with Crippen molar-refractivity contribution in [3.63, 3.8) is 0 Å². The number of methoxy groups -OCH3 is 2. The molecule has 0 N–H and O–H groups in total. The van der Waals surface area contributed by atoms with E-state index in [1.54, 1.807) is 14.2 Å². The molecule has 0 unspecified atom stereocenters. The molecule has 3 aromatic carbocycles. The molecule has 0 bridgehead atoms. The first-order chi connectivity index (χ1) is 21.1. The molecule has 0 saturated carbocycles. The molecule has 1 fully saturated rings. The highest BCUT2D eigenvalue weighted by Crippen LogP contribution is 2.34. The van der Waals surface area contributed by atoms with Crippen LogP contribution >= 0.6 is 0 Å². The lowest BCUT2D eigenvalue weighted by atomic mass is 9.90. The number of fused-ring (bicyclic) bond motifs is 1. The number of rotatable bonds is 11. The Morgan fingerprint density at radius 1 is 0.791 bits per heavy atom. The second-order valence-electron chi connectivity index (χ2n) is 11.2. The number of benzene rings is 3. The lowest BCUT2D eigenvalue weighted by molar-refractivity contribution is 0.0654. The normalized spacial score (nSPS) is 14.7. The van der Waals surface area contributed by atoms with Crippen molar-refractivity contribution in [1.82, 2.24) is 9.80 Å². The van der Waals surface area contributed by atoms with Crippen LogP contribution in [0.5, 0.6) is 23.0 Å². The molecule has 0 aliphatic carbocycles.